The van der Waals surface area contributed by atoms with E-state index in [1.54, 1.807) is 13.0 Å². The first-order chi connectivity index (χ1) is 14.5. The molecule has 168 valence electrons. The van der Waals surface area contributed by atoms with Crippen molar-refractivity contribution in [2.75, 3.05) is 13.1 Å². The van der Waals surface area contributed by atoms with Gasteiger partial charge in [-0.3, -0.25) is 14.4 Å². The molecule has 1 aromatic carbocycles. The zero-order chi connectivity index (χ0) is 22.9. The molecule has 0 spiro atoms. The maximum atomic E-state index is 12.8. The number of halogens is 2. The molecular weight excluding hydrogens is 446 g/mol. The van der Waals surface area contributed by atoms with Gasteiger partial charge in [0.15, 0.2) is 0 Å². The topological polar surface area (TPSA) is 103 Å². The first-order valence-corrected chi connectivity index (χ1v) is 11.0. The molecule has 3 rings (SSSR count). The van der Waals surface area contributed by atoms with Crippen LogP contribution in [0.1, 0.15) is 44.0 Å². The molecular formula is C20H25BCl2N2O6. The summed E-state index contributed by atoms with van der Waals surface area (Å²) in [6, 6.07) is 3.94. The Hall–Kier alpha value is -2.10. The molecule has 8 nitrogen and oxygen atoms in total. The Bertz CT molecular complexity index is 927. The third kappa shape index (κ3) is 4.89. The van der Waals surface area contributed by atoms with Gasteiger partial charge in [0.25, 0.3) is 5.91 Å². The van der Waals surface area contributed by atoms with Crippen LogP contribution in [0.15, 0.2) is 18.2 Å². The van der Waals surface area contributed by atoms with Crippen LogP contribution < -0.4 is 10.1 Å². The molecule has 2 heterocycles. The minimum atomic E-state index is -2.33. The molecule has 2 N–H and O–H groups in total. The summed E-state index contributed by atoms with van der Waals surface area (Å²) in [4.78, 5) is 50.1. The minimum Gasteiger partial charge on any atom is -0.600 e. The fourth-order valence-electron chi connectivity index (χ4n) is 4.48. The van der Waals surface area contributed by atoms with Crippen molar-refractivity contribution < 1.29 is 33.3 Å². The molecule has 31 heavy (non-hydrogen) atoms. The number of rotatable bonds is 8. The normalized spacial score (nSPS) is 25.7. The third-order valence-corrected chi connectivity index (χ3v) is 6.44. The smallest absolute Gasteiger partial charge is 0.586 e. The highest BCUT2D eigenvalue weighted by molar-refractivity contribution is 6.66. The zero-order valence-electron chi connectivity index (χ0n) is 17.6. The van der Waals surface area contributed by atoms with Crippen molar-refractivity contribution in [2.24, 2.45) is 5.92 Å². The third-order valence-electron chi connectivity index (χ3n) is 5.88. The largest absolute Gasteiger partial charge is 0.600 e. The number of quaternary nitrogens is 1. The van der Waals surface area contributed by atoms with Crippen LogP contribution in [0.4, 0.5) is 0 Å². The number of Topliss-reactive ketones (excluding diaryl/α,β-unsaturated/α-hetero) is 1. The predicted molar refractivity (Wildman–Crippen MR) is 115 cm³/mol. The zero-order valence-corrected chi connectivity index (χ0v) is 19.1. The molecule has 2 saturated heterocycles. The van der Waals surface area contributed by atoms with E-state index in [0.29, 0.717) is 16.3 Å². The fraction of sp³-hybridized carbons (Fsp3) is 0.500. The molecule has 1 amide bonds. The van der Waals surface area contributed by atoms with E-state index in [2.05, 4.69) is 5.32 Å². The van der Waals surface area contributed by atoms with Crippen molar-refractivity contribution in [3.05, 3.63) is 33.8 Å². The van der Waals surface area contributed by atoms with Crippen molar-refractivity contribution >= 4 is 53.5 Å². The average Bonchev–Trinajstić information content (AvgIpc) is 3.13. The highest BCUT2D eigenvalue weighted by Gasteiger charge is 2.66. The van der Waals surface area contributed by atoms with E-state index in [4.69, 9.17) is 32.5 Å². The summed E-state index contributed by atoms with van der Waals surface area (Å²) in [6.45, 7) is 3.10. The summed E-state index contributed by atoms with van der Waals surface area (Å²) in [5.41, 5.74) is 0.169. The molecule has 2 unspecified atom stereocenters. The second-order valence-corrected chi connectivity index (χ2v) is 9.45. The molecule has 2 fully saturated rings. The molecule has 2 aliphatic rings. The summed E-state index contributed by atoms with van der Waals surface area (Å²) >= 11 is 11.9. The standard InChI is InChI=1S/C20H25BCl2N2O6/c1-11(2)6-13(21-25(10-18(27)30-21)12(3)20(29)31-21)7-15(26)9-24-19(28)16-8-14(22)4-5-17(16)23/h4-5,8,11-13,25H,6-7,9-10H2,1-3H3,(H,24,28)/t12-,13+,21?/m0/s1. The van der Waals surface area contributed by atoms with Gasteiger partial charge in [-0.25, -0.2) is 4.79 Å². The number of nitrogens with one attached hydrogen (secondary N) is 2. The molecule has 0 saturated carbocycles. The number of hydrogen-bond acceptors (Lipinski definition) is 6. The number of fused-ring (bicyclic) bond motifs is 1. The van der Waals surface area contributed by atoms with Gasteiger partial charge in [-0.05, 0) is 43.3 Å². The minimum absolute atomic E-state index is 0.00147. The van der Waals surface area contributed by atoms with Crippen LogP contribution in [0.2, 0.25) is 15.9 Å². The van der Waals surface area contributed by atoms with Crippen LogP contribution in [0, 0.1) is 5.92 Å². The molecule has 0 aliphatic carbocycles. The lowest BCUT2D eigenvalue weighted by atomic mass is 9.53. The monoisotopic (exact) mass is 470 g/mol. The van der Waals surface area contributed by atoms with E-state index in [1.807, 2.05) is 13.8 Å². The Labute approximate surface area is 190 Å². The summed E-state index contributed by atoms with van der Waals surface area (Å²) in [5.74, 6) is -1.98. The first-order valence-electron chi connectivity index (χ1n) is 10.2. The highest BCUT2D eigenvalue weighted by Crippen LogP contribution is 2.35. The van der Waals surface area contributed by atoms with Gasteiger partial charge >= 0.3 is 18.6 Å². The van der Waals surface area contributed by atoms with Crippen LogP contribution in [0.25, 0.3) is 0 Å². The second-order valence-electron chi connectivity index (χ2n) is 8.61. The predicted octanol–water partition coefficient (Wildman–Crippen LogP) is 1.42. The van der Waals surface area contributed by atoms with Gasteiger partial charge in [0.05, 0.1) is 17.1 Å². The molecule has 11 heteroatoms. The van der Waals surface area contributed by atoms with E-state index >= 15 is 0 Å². The van der Waals surface area contributed by atoms with E-state index in [1.165, 1.54) is 12.1 Å². The molecule has 0 aromatic heterocycles. The Kier molecular flexibility index (Phi) is 6.98. The Morgan fingerprint density at radius 1 is 1.26 bits per heavy atom. The van der Waals surface area contributed by atoms with Crippen LogP contribution in [0.5, 0.6) is 0 Å². The van der Waals surface area contributed by atoms with Gasteiger partial charge in [0, 0.05) is 5.02 Å². The van der Waals surface area contributed by atoms with Crippen molar-refractivity contribution in [3.8, 4) is 0 Å². The lowest BCUT2D eigenvalue weighted by Gasteiger charge is -2.37. The Morgan fingerprint density at radius 3 is 2.65 bits per heavy atom. The summed E-state index contributed by atoms with van der Waals surface area (Å²) in [6.07, 6.45) is 0.523. The maximum Gasteiger partial charge on any atom is 0.586 e. The number of ketones is 1. The van der Waals surface area contributed by atoms with E-state index < -0.39 is 36.4 Å². The summed E-state index contributed by atoms with van der Waals surface area (Å²) in [7, 11) is 0. The summed E-state index contributed by atoms with van der Waals surface area (Å²) < 4.78 is 11.2. The lowest BCUT2D eigenvalue weighted by molar-refractivity contribution is -0.802. The molecule has 2 aliphatic heterocycles. The van der Waals surface area contributed by atoms with Crippen LogP contribution >= 0.6 is 23.2 Å². The van der Waals surface area contributed by atoms with Crippen molar-refractivity contribution in [1.29, 1.82) is 0 Å². The van der Waals surface area contributed by atoms with Crippen LogP contribution in [0.3, 0.4) is 0 Å². The Morgan fingerprint density at radius 2 is 1.97 bits per heavy atom. The van der Waals surface area contributed by atoms with Gasteiger partial charge in [-0.15, -0.1) is 0 Å². The van der Waals surface area contributed by atoms with Crippen molar-refractivity contribution in [1.82, 2.24) is 5.32 Å². The summed E-state index contributed by atoms with van der Waals surface area (Å²) in [5, 5.41) is 3.12. The van der Waals surface area contributed by atoms with Crippen molar-refractivity contribution in [2.45, 2.75) is 45.5 Å². The lowest BCUT2D eigenvalue weighted by Crippen LogP contribution is -3.22. The quantitative estimate of drug-likeness (QED) is 0.557. The van der Waals surface area contributed by atoms with Crippen molar-refractivity contribution in [3.63, 3.8) is 0 Å². The molecule has 0 bridgehead atoms. The average molecular weight is 471 g/mol. The second kappa shape index (κ2) is 9.18. The number of hydrogen-bond donors (Lipinski definition) is 2. The van der Waals surface area contributed by atoms with E-state index in [-0.39, 0.29) is 41.8 Å². The van der Waals surface area contributed by atoms with Gasteiger partial charge in [-0.2, -0.15) is 0 Å². The number of benzene rings is 1. The SMILES string of the molecule is CC(C)C[C@H](CC(=O)CNC(=O)c1cc(Cl)ccc1Cl)[B-]12OC(=O)C[NH+]1[C@@H](C)C(=O)O2. The number of amides is 1. The van der Waals surface area contributed by atoms with E-state index in [9.17, 15) is 19.2 Å². The van der Waals surface area contributed by atoms with Gasteiger partial charge < -0.3 is 19.4 Å². The van der Waals surface area contributed by atoms with Gasteiger partial charge in [-0.1, -0.05) is 43.5 Å². The fourth-order valence-corrected chi connectivity index (χ4v) is 4.85. The highest BCUT2D eigenvalue weighted by atomic mass is 35.5. The molecule has 0 radical (unpaired) electrons. The van der Waals surface area contributed by atoms with Crippen LogP contribution in [-0.2, 0) is 23.7 Å². The maximum absolute atomic E-state index is 12.8. The Balaban J connectivity index is 1.72. The van der Waals surface area contributed by atoms with Gasteiger partial charge in [0.2, 0.25) is 0 Å². The van der Waals surface area contributed by atoms with E-state index in [0.717, 1.165) is 0 Å². The van der Waals surface area contributed by atoms with Gasteiger partial charge in [0.1, 0.15) is 18.4 Å². The molecule has 4 atom stereocenters. The van der Waals surface area contributed by atoms with Crippen LogP contribution in [-0.4, -0.2) is 49.4 Å². The number of carbonyl (C=O) groups excluding carboxylic acids is 4. The number of carbonyl (C=O) groups is 4. The molecule has 1 aromatic rings. The first kappa shape index (κ1) is 23.6.